The van der Waals surface area contributed by atoms with E-state index in [9.17, 15) is 23.2 Å². The second kappa shape index (κ2) is 9.96. The lowest BCUT2D eigenvalue weighted by Gasteiger charge is -2.05. The summed E-state index contributed by atoms with van der Waals surface area (Å²) >= 11 is 0. The number of anilines is 1. The number of esters is 1. The predicted molar refractivity (Wildman–Crippen MR) is 98.1 cm³/mol. The van der Waals surface area contributed by atoms with Crippen LogP contribution < -0.4 is 10.1 Å². The number of ether oxygens (including phenoxy) is 2. The molecule has 1 N–H and O–H groups in total. The lowest BCUT2D eigenvalue weighted by molar-refractivity contribution is -0.136. The number of hydrogen-bond acceptors (Lipinski definition) is 5. The van der Waals surface area contributed by atoms with Crippen LogP contribution in [0.15, 0.2) is 54.6 Å². The van der Waals surface area contributed by atoms with Crippen molar-refractivity contribution in [3.63, 3.8) is 0 Å². The van der Waals surface area contributed by atoms with Gasteiger partial charge < -0.3 is 14.8 Å². The highest BCUT2D eigenvalue weighted by Gasteiger charge is 2.09. The van der Waals surface area contributed by atoms with Gasteiger partial charge in [0, 0.05) is 24.3 Å². The minimum atomic E-state index is -2.91. The summed E-state index contributed by atoms with van der Waals surface area (Å²) < 4.78 is 33.3. The first-order valence-corrected chi connectivity index (χ1v) is 8.14. The molecule has 0 aromatic heterocycles. The Morgan fingerprint density at radius 3 is 2.25 bits per heavy atom. The number of amides is 1. The lowest BCUT2D eigenvalue weighted by Crippen LogP contribution is -2.13. The van der Waals surface area contributed by atoms with Crippen LogP contribution in [0.25, 0.3) is 6.08 Å². The number of halogens is 2. The molecule has 8 heteroatoms. The third kappa shape index (κ3) is 6.99. The zero-order valence-electron chi connectivity index (χ0n) is 14.9. The van der Waals surface area contributed by atoms with E-state index in [1.807, 2.05) is 0 Å². The Bertz CT molecular complexity index is 861. The van der Waals surface area contributed by atoms with Gasteiger partial charge in [0.25, 0.3) is 0 Å². The molecule has 0 saturated carbocycles. The summed E-state index contributed by atoms with van der Waals surface area (Å²) in [6.07, 6.45) is 2.54. The number of alkyl halides is 2. The molecule has 146 valence electrons. The standard InChI is InChI=1S/C20H17F2NO5/c1-13(24)23-16-7-5-15(6-8-16)18(25)12-27-19(26)11-4-14-2-9-17(10-3-14)28-20(21)22/h2-11,20H,12H2,1H3,(H,23,24)/b11-4+. The smallest absolute Gasteiger partial charge is 0.387 e. The maximum Gasteiger partial charge on any atom is 0.387 e. The molecule has 2 aromatic carbocycles. The highest BCUT2D eigenvalue weighted by Crippen LogP contribution is 2.15. The molecular weight excluding hydrogens is 372 g/mol. The minimum absolute atomic E-state index is 0.00449. The van der Waals surface area contributed by atoms with Crippen LogP contribution in [0.3, 0.4) is 0 Å². The molecule has 0 spiro atoms. The van der Waals surface area contributed by atoms with Crippen molar-refractivity contribution in [2.24, 2.45) is 0 Å². The monoisotopic (exact) mass is 389 g/mol. The second-order valence-corrected chi connectivity index (χ2v) is 5.57. The van der Waals surface area contributed by atoms with E-state index < -0.39 is 25.0 Å². The number of Topliss-reactive ketones (excluding diaryl/α,β-unsaturated/α-hetero) is 1. The summed E-state index contributed by atoms with van der Waals surface area (Å²) in [4.78, 5) is 34.7. The minimum Gasteiger partial charge on any atom is -0.454 e. The van der Waals surface area contributed by atoms with Crippen molar-refractivity contribution >= 4 is 29.4 Å². The lowest BCUT2D eigenvalue weighted by atomic mass is 10.1. The van der Waals surface area contributed by atoms with Gasteiger partial charge in [-0.15, -0.1) is 0 Å². The normalized spacial score (nSPS) is 10.7. The molecular formula is C20H17F2NO5. The largest absolute Gasteiger partial charge is 0.454 e. The van der Waals surface area contributed by atoms with Crippen LogP contribution in [0, 0.1) is 0 Å². The average Bonchev–Trinajstić information content (AvgIpc) is 2.65. The Morgan fingerprint density at radius 2 is 1.68 bits per heavy atom. The molecule has 0 bridgehead atoms. The first-order valence-electron chi connectivity index (χ1n) is 8.14. The topological polar surface area (TPSA) is 81.7 Å². The van der Waals surface area contributed by atoms with E-state index in [0.29, 0.717) is 16.8 Å². The number of rotatable bonds is 8. The Morgan fingerprint density at radius 1 is 1.04 bits per heavy atom. The number of benzene rings is 2. The quantitative estimate of drug-likeness (QED) is 0.423. The number of nitrogens with one attached hydrogen (secondary N) is 1. The molecule has 0 aliphatic rings. The molecule has 2 rings (SSSR count). The van der Waals surface area contributed by atoms with Crippen LogP contribution in [0.5, 0.6) is 5.75 Å². The van der Waals surface area contributed by atoms with Gasteiger partial charge in [0.2, 0.25) is 5.91 Å². The van der Waals surface area contributed by atoms with Crippen LogP contribution in [-0.2, 0) is 14.3 Å². The molecule has 0 radical (unpaired) electrons. The van der Waals surface area contributed by atoms with Crippen LogP contribution >= 0.6 is 0 Å². The van der Waals surface area contributed by atoms with Gasteiger partial charge >= 0.3 is 12.6 Å². The Labute approximate surface area is 159 Å². The number of hydrogen-bond donors (Lipinski definition) is 1. The molecule has 28 heavy (non-hydrogen) atoms. The van der Waals surface area contributed by atoms with Crippen molar-refractivity contribution in [2.75, 3.05) is 11.9 Å². The highest BCUT2D eigenvalue weighted by atomic mass is 19.3. The van der Waals surface area contributed by atoms with E-state index in [2.05, 4.69) is 10.1 Å². The Kier molecular flexibility index (Phi) is 7.38. The maximum absolute atomic E-state index is 12.1. The van der Waals surface area contributed by atoms with Crippen molar-refractivity contribution < 1.29 is 32.6 Å². The number of ketones is 1. The van der Waals surface area contributed by atoms with Gasteiger partial charge in [-0.3, -0.25) is 9.59 Å². The molecule has 1 amide bonds. The summed E-state index contributed by atoms with van der Waals surface area (Å²) in [6.45, 7) is -1.97. The molecule has 0 fully saturated rings. The Hall–Kier alpha value is -3.55. The van der Waals surface area contributed by atoms with Crippen molar-refractivity contribution in [3.8, 4) is 5.75 Å². The van der Waals surface area contributed by atoms with Crippen molar-refractivity contribution in [2.45, 2.75) is 13.5 Å². The first kappa shape index (κ1) is 20.8. The summed E-state index contributed by atoms with van der Waals surface area (Å²) in [6, 6.07) is 11.8. The maximum atomic E-state index is 12.1. The van der Waals surface area contributed by atoms with Gasteiger partial charge in [-0.2, -0.15) is 8.78 Å². The molecule has 0 saturated heterocycles. The number of carbonyl (C=O) groups is 3. The van der Waals surface area contributed by atoms with E-state index in [1.54, 1.807) is 12.1 Å². The molecule has 0 atom stereocenters. The second-order valence-electron chi connectivity index (χ2n) is 5.57. The van der Waals surface area contributed by atoms with Crippen LogP contribution in [0.1, 0.15) is 22.8 Å². The van der Waals surface area contributed by atoms with Gasteiger partial charge in [0.15, 0.2) is 12.4 Å². The van der Waals surface area contributed by atoms with Crippen molar-refractivity contribution in [1.29, 1.82) is 0 Å². The third-order valence-corrected chi connectivity index (χ3v) is 3.39. The highest BCUT2D eigenvalue weighted by molar-refractivity contribution is 5.99. The van der Waals surface area contributed by atoms with Crippen molar-refractivity contribution in [3.05, 3.63) is 65.7 Å². The van der Waals surface area contributed by atoms with E-state index in [4.69, 9.17) is 4.74 Å². The number of carbonyl (C=O) groups excluding carboxylic acids is 3. The fourth-order valence-corrected chi connectivity index (χ4v) is 2.14. The van der Waals surface area contributed by atoms with Gasteiger partial charge in [-0.25, -0.2) is 4.79 Å². The van der Waals surface area contributed by atoms with Crippen LogP contribution in [-0.4, -0.2) is 30.9 Å². The van der Waals surface area contributed by atoms with Gasteiger partial charge in [0.05, 0.1) is 0 Å². The molecule has 0 aliphatic heterocycles. The van der Waals surface area contributed by atoms with Crippen LogP contribution in [0.2, 0.25) is 0 Å². The third-order valence-electron chi connectivity index (χ3n) is 3.39. The van der Waals surface area contributed by atoms with E-state index in [1.165, 1.54) is 49.4 Å². The fourth-order valence-electron chi connectivity index (χ4n) is 2.14. The Balaban J connectivity index is 1.83. The van der Waals surface area contributed by atoms with Crippen LogP contribution in [0.4, 0.5) is 14.5 Å². The zero-order valence-corrected chi connectivity index (χ0v) is 14.9. The molecule has 0 aliphatic carbocycles. The van der Waals surface area contributed by atoms with E-state index in [-0.39, 0.29) is 11.7 Å². The summed E-state index contributed by atoms with van der Waals surface area (Å²) in [5, 5.41) is 2.58. The van der Waals surface area contributed by atoms with E-state index >= 15 is 0 Å². The van der Waals surface area contributed by atoms with Gasteiger partial charge in [-0.05, 0) is 48.0 Å². The molecule has 0 unspecified atom stereocenters. The predicted octanol–water partition coefficient (Wildman–Crippen LogP) is 3.69. The molecule has 6 nitrogen and oxygen atoms in total. The van der Waals surface area contributed by atoms with Gasteiger partial charge in [0.1, 0.15) is 5.75 Å². The first-order chi connectivity index (χ1) is 13.3. The summed E-state index contributed by atoms with van der Waals surface area (Å²) in [5.41, 5.74) is 1.45. The molecule has 0 heterocycles. The zero-order chi connectivity index (χ0) is 20.5. The van der Waals surface area contributed by atoms with E-state index in [0.717, 1.165) is 6.08 Å². The molecule has 2 aromatic rings. The summed E-state index contributed by atoms with van der Waals surface area (Å²) in [5.74, 6) is -1.35. The summed E-state index contributed by atoms with van der Waals surface area (Å²) in [7, 11) is 0. The fraction of sp³-hybridized carbons (Fsp3) is 0.150. The average molecular weight is 389 g/mol. The SMILES string of the molecule is CC(=O)Nc1ccc(C(=O)COC(=O)/C=C/c2ccc(OC(F)F)cc2)cc1. The van der Waals surface area contributed by atoms with Crippen molar-refractivity contribution in [1.82, 2.24) is 0 Å². The van der Waals surface area contributed by atoms with Gasteiger partial charge in [-0.1, -0.05) is 12.1 Å².